The number of amides is 1. The minimum absolute atomic E-state index is 0.0576. The number of hydrogen-bond donors (Lipinski definition) is 1. The highest BCUT2D eigenvalue weighted by Crippen LogP contribution is 2.23. The van der Waals surface area contributed by atoms with Gasteiger partial charge in [-0.2, -0.15) is 0 Å². The molecule has 1 heterocycles. The number of carbonyl (C=O) groups excluding carboxylic acids is 1. The fourth-order valence-electron chi connectivity index (χ4n) is 2.54. The van der Waals surface area contributed by atoms with Crippen molar-refractivity contribution in [2.45, 2.75) is 19.8 Å². The predicted octanol–water partition coefficient (Wildman–Crippen LogP) is 1.90. The van der Waals surface area contributed by atoms with Crippen molar-refractivity contribution in [3.05, 3.63) is 29.8 Å². The van der Waals surface area contributed by atoms with E-state index in [4.69, 9.17) is 10.5 Å². The number of carbonyl (C=O) groups is 1. The molecule has 4 nitrogen and oxygen atoms in total. The highest BCUT2D eigenvalue weighted by atomic mass is 16.5. The van der Waals surface area contributed by atoms with Crippen LogP contribution in [0.1, 0.15) is 30.1 Å². The topological polar surface area (TPSA) is 55.6 Å². The second kappa shape index (κ2) is 6.57. The molecule has 1 saturated heterocycles. The lowest BCUT2D eigenvalue weighted by atomic mass is 9.97. The smallest absolute Gasteiger partial charge is 0.257 e. The van der Waals surface area contributed by atoms with Gasteiger partial charge >= 0.3 is 0 Å². The second-order valence-corrected chi connectivity index (χ2v) is 4.92. The zero-order valence-corrected chi connectivity index (χ0v) is 11.5. The molecule has 0 saturated carbocycles. The number of para-hydroxylation sites is 1. The third kappa shape index (κ3) is 3.26. The van der Waals surface area contributed by atoms with E-state index >= 15 is 0 Å². The summed E-state index contributed by atoms with van der Waals surface area (Å²) in [5, 5.41) is 0. The van der Waals surface area contributed by atoms with E-state index in [0.29, 0.717) is 30.4 Å². The summed E-state index contributed by atoms with van der Waals surface area (Å²) in [6, 6.07) is 7.45. The minimum atomic E-state index is 0.0576. The van der Waals surface area contributed by atoms with Gasteiger partial charge in [-0.1, -0.05) is 12.1 Å². The van der Waals surface area contributed by atoms with E-state index in [-0.39, 0.29) is 5.91 Å². The van der Waals surface area contributed by atoms with Gasteiger partial charge in [0.2, 0.25) is 0 Å². The average molecular weight is 262 g/mol. The van der Waals surface area contributed by atoms with Crippen molar-refractivity contribution in [2.24, 2.45) is 11.7 Å². The van der Waals surface area contributed by atoms with Gasteiger partial charge in [-0.05, 0) is 44.4 Å². The third-order valence-corrected chi connectivity index (χ3v) is 3.56. The number of likely N-dealkylation sites (tertiary alicyclic amines) is 1. The fraction of sp³-hybridized carbons (Fsp3) is 0.533. The number of piperidine rings is 1. The Morgan fingerprint density at radius 1 is 1.47 bits per heavy atom. The predicted molar refractivity (Wildman–Crippen MR) is 75.3 cm³/mol. The Labute approximate surface area is 114 Å². The summed E-state index contributed by atoms with van der Waals surface area (Å²) in [7, 11) is 0. The molecule has 1 fully saturated rings. The average Bonchev–Trinajstić information content (AvgIpc) is 2.47. The van der Waals surface area contributed by atoms with Crippen molar-refractivity contribution in [1.29, 1.82) is 0 Å². The van der Waals surface area contributed by atoms with Crippen molar-refractivity contribution in [1.82, 2.24) is 4.90 Å². The Bertz CT molecular complexity index is 434. The van der Waals surface area contributed by atoms with Gasteiger partial charge < -0.3 is 15.4 Å². The van der Waals surface area contributed by atoms with Gasteiger partial charge in [0.05, 0.1) is 12.2 Å². The molecular formula is C15H22N2O2. The van der Waals surface area contributed by atoms with Crippen molar-refractivity contribution in [3.63, 3.8) is 0 Å². The van der Waals surface area contributed by atoms with Gasteiger partial charge in [-0.25, -0.2) is 0 Å². The van der Waals surface area contributed by atoms with Crippen LogP contribution in [0.2, 0.25) is 0 Å². The fourth-order valence-corrected chi connectivity index (χ4v) is 2.54. The summed E-state index contributed by atoms with van der Waals surface area (Å²) in [4.78, 5) is 14.5. The standard InChI is InChI=1S/C15H22N2O2/c1-2-19-14-8-4-3-7-13(14)15(18)17-9-5-6-12(10-16)11-17/h3-4,7-8,12H,2,5-6,9-11,16H2,1H3. The summed E-state index contributed by atoms with van der Waals surface area (Å²) >= 11 is 0. The molecule has 1 aromatic carbocycles. The minimum Gasteiger partial charge on any atom is -0.493 e. The Morgan fingerprint density at radius 3 is 3.00 bits per heavy atom. The van der Waals surface area contributed by atoms with Crippen molar-refractivity contribution >= 4 is 5.91 Å². The summed E-state index contributed by atoms with van der Waals surface area (Å²) in [5.41, 5.74) is 6.37. The van der Waals surface area contributed by atoms with Crippen LogP contribution in [0, 0.1) is 5.92 Å². The van der Waals surface area contributed by atoms with Crippen molar-refractivity contribution < 1.29 is 9.53 Å². The molecule has 0 spiro atoms. The number of benzene rings is 1. The maximum atomic E-state index is 12.6. The molecule has 4 heteroatoms. The summed E-state index contributed by atoms with van der Waals surface area (Å²) in [6.45, 7) is 4.71. The summed E-state index contributed by atoms with van der Waals surface area (Å²) in [6.07, 6.45) is 2.15. The lowest BCUT2D eigenvalue weighted by molar-refractivity contribution is 0.0674. The molecule has 104 valence electrons. The Morgan fingerprint density at radius 2 is 2.26 bits per heavy atom. The number of hydrogen-bond acceptors (Lipinski definition) is 3. The van der Waals surface area contributed by atoms with E-state index in [1.807, 2.05) is 36.1 Å². The lowest BCUT2D eigenvalue weighted by Crippen LogP contribution is -2.42. The molecule has 1 aliphatic heterocycles. The van der Waals surface area contributed by atoms with Crippen LogP contribution in [0.25, 0.3) is 0 Å². The van der Waals surface area contributed by atoms with Crippen LogP contribution in [0.3, 0.4) is 0 Å². The van der Waals surface area contributed by atoms with Gasteiger partial charge in [0, 0.05) is 13.1 Å². The molecule has 1 atom stereocenters. The van der Waals surface area contributed by atoms with Crippen LogP contribution in [0.5, 0.6) is 5.75 Å². The first-order valence-electron chi connectivity index (χ1n) is 6.97. The molecule has 0 aromatic heterocycles. The summed E-state index contributed by atoms with van der Waals surface area (Å²) < 4.78 is 5.53. The first-order valence-corrected chi connectivity index (χ1v) is 6.97. The number of rotatable bonds is 4. The lowest BCUT2D eigenvalue weighted by Gasteiger charge is -2.32. The van der Waals surface area contributed by atoms with Crippen LogP contribution in [0.15, 0.2) is 24.3 Å². The maximum Gasteiger partial charge on any atom is 0.257 e. The summed E-state index contributed by atoms with van der Waals surface area (Å²) in [5.74, 6) is 1.16. The van der Waals surface area contributed by atoms with Crippen LogP contribution >= 0.6 is 0 Å². The Hall–Kier alpha value is -1.55. The molecular weight excluding hydrogens is 240 g/mol. The molecule has 0 bridgehead atoms. The van der Waals surface area contributed by atoms with Gasteiger partial charge in [0.15, 0.2) is 0 Å². The second-order valence-electron chi connectivity index (χ2n) is 4.92. The molecule has 2 N–H and O–H groups in total. The zero-order chi connectivity index (χ0) is 13.7. The largest absolute Gasteiger partial charge is 0.493 e. The van der Waals surface area contributed by atoms with Crippen molar-refractivity contribution in [3.8, 4) is 5.75 Å². The van der Waals surface area contributed by atoms with E-state index in [2.05, 4.69) is 0 Å². The first-order chi connectivity index (χ1) is 9.26. The molecule has 1 unspecified atom stereocenters. The van der Waals surface area contributed by atoms with E-state index in [0.717, 1.165) is 25.9 Å². The van der Waals surface area contributed by atoms with Crippen LogP contribution in [0.4, 0.5) is 0 Å². The molecule has 1 aliphatic rings. The van der Waals surface area contributed by atoms with E-state index in [9.17, 15) is 4.79 Å². The normalized spacial score (nSPS) is 19.3. The van der Waals surface area contributed by atoms with E-state index < -0.39 is 0 Å². The van der Waals surface area contributed by atoms with E-state index in [1.54, 1.807) is 0 Å². The highest BCUT2D eigenvalue weighted by Gasteiger charge is 2.25. The SMILES string of the molecule is CCOc1ccccc1C(=O)N1CCCC(CN)C1. The monoisotopic (exact) mass is 262 g/mol. The molecule has 2 rings (SSSR count). The third-order valence-electron chi connectivity index (χ3n) is 3.56. The number of nitrogens with two attached hydrogens (primary N) is 1. The first kappa shape index (κ1) is 13.9. The highest BCUT2D eigenvalue weighted by molar-refractivity contribution is 5.97. The molecule has 0 radical (unpaired) electrons. The quantitative estimate of drug-likeness (QED) is 0.901. The Balaban J connectivity index is 2.14. The van der Waals surface area contributed by atoms with E-state index in [1.165, 1.54) is 0 Å². The van der Waals surface area contributed by atoms with Gasteiger partial charge in [-0.15, -0.1) is 0 Å². The molecule has 19 heavy (non-hydrogen) atoms. The maximum absolute atomic E-state index is 12.6. The van der Waals surface area contributed by atoms with Crippen LogP contribution in [-0.4, -0.2) is 37.0 Å². The van der Waals surface area contributed by atoms with Crippen molar-refractivity contribution in [2.75, 3.05) is 26.2 Å². The van der Waals surface area contributed by atoms with Crippen LogP contribution < -0.4 is 10.5 Å². The molecule has 1 amide bonds. The number of nitrogens with zero attached hydrogens (tertiary/aromatic N) is 1. The molecule has 1 aromatic rings. The van der Waals surface area contributed by atoms with Gasteiger partial charge in [0.25, 0.3) is 5.91 Å². The zero-order valence-electron chi connectivity index (χ0n) is 11.5. The Kier molecular flexibility index (Phi) is 4.80. The molecule has 0 aliphatic carbocycles. The van der Waals surface area contributed by atoms with Crippen LogP contribution in [-0.2, 0) is 0 Å². The van der Waals surface area contributed by atoms with Gasteiger partial charge in [0.1, 0.15) is 5.75 Å². The van der Waals surface area contributed by atoms with Gasteiger partial charge in [-0.3, -0.25) is 4.79 Å². The number of ether oxygens (including phenoxy) is 1.